The van der Waals surface area contributed by atoms with Crippen LogP contribution in [-0.2, 0) is 11.2 Å². The van der Waals surface area contributed by atoms with E-state index in [0.717, 1.165) is 12.1 Å². The van der Waals surface area contributed by atoms with Crippen molar-refractivity contribution in [3.8, 4) is 0 Å². The smallest absolute Gasteiger partial charge is 0.229 e. The molecule has 0 bridgehead atoms. The maximum Gasteiger partial charge on any atom is 0.229 e. The fourth-order valence-corrected chi connectivity index (χ4v) is 3.10. The van der Waals surface area contributed by atoms with E-state index < -0.39 is 0 Å². The van der Waals surface area contributed by atoms with Gasteiger partial charge in [0.15, 0.2) is 0 Å². The van der Waals surface area contributed by atoms with E-state index >= 15 is 0 Å². The molecule has 1 aliphatic rings. The van der Waals surface area contributed by atoms with Gasteiger partial charge < -0.3 is 10.4 Å². The van der Waals surface area contributed by atoms with Gasteiger partial charge in [-0.2, -0.15) is 0 Å². The Morgan fingerprint density at radius 2 is 2.39 bits per heavy atom. The van der Waals surface area contributed by atoms with Crippen molar-refractivity contribution >= 4 is 23.4 Å². The van der Waals surface area contributed by atoms with Crippen molar-refractivity contribution in [3.05, 3.63) is 23.8 Å². The molecule has 0 aromatic heterocycles. The number of amides is 1. The molecule has 1 atom stereocenters. The molecule has 1 aliphatic heterocycles. The average Bonchev–Trinajstić information content (AvgIpc) is 2.40. The summed E-state index contributed by atoms with van der Waals surface area (Å²) in [5.41, 5.74) is 2.16. The minimum atomic E-state index is -0.310. The van der Waals surface area contributed by atoms with Gasteiger partial charge in [-0.3, -0.25) is 4.79 Å². The minimum absolute atomic E-state index is 0.0941. The first-order valence-electron chi connectivity index (χ1n) is 6.42. The molecule has 1 unspecified atom stereocenters. The second kappa shape index (κ2) is 6.25. The van der Waals surface area contributed by atoms with Crippen LogP contribution < -0.4 is 5.32 Å². The predicted octanol–water partition coefficient (Wildman–Crippen LogP) is 2.68. The van der Waals surface area contributed by atoms with E-state index in [2.05, 4.69) is 17.4 Å². The monoisotopic (exact) mass is 265 g/mol. The number of hydrogen-bond acceptors (Lipinski definition) is 3. The van der Waals surface area contributed by atoms with E-state index in [1.165, 1.54) is 22.6 Å². The Hall–Kier alpha value is -1.00. The van der Waals surface area contributed by atoms with E-state index in [1.807, 2.05) is 24.8 Å². The van der Waals surface area contributed by atoms with Crippen LogP contribution in [0.25, 0.3) is 0 Å². The van der Waals surface area contributed by atoms with E-state index in [1.54, 1.807) is 0 Å². The molecule has 1 heterocycles. The van der Waals surface area contributed by atoms with Crippen LogP contribution in [0.5, 0.6) is 0 Å². The summed E-state index contributed by atoms with van der Waals surface area (Å²) in [6.07, 6.45) is 2.94. The lowest BCUT2D eigenvalue weighted by molar-refractivity contribution is -0.121. The fourth-order valence-electron chi connectivity index (χ4n) is 2.08. The van der Waals surface area contributed by atoms with Crippen LogP contribution >= 0.6 is 11.8 Å². The zero-order valence-corrected chi connectivity index (χ0v) is 11.4. The van der Waals surface area contributed by atoms with E-state index in [9.17, 15) is 4.79 Å². The predicted molar refractivity (Wildman–Crippen MR) is 75.0 cm³/mol. The van der Waals surface area contributed by atoms with Crippen LogP contribution in [0.4, 0.5) is 5.69 Å². The number of carbonyl (C=O) groups excluding carboxylic acids is 1. The summed E-state index contributed by atoms with van der Waals surface area (Å²) in [4.78, 5) is 13.2. The molecule has 0 radical (unpaired) electrons. The second-order valence-corrected chi connectivity index (χ2v) is 5.69. The molecule has 0 fully saturated rings. The first kappa shape index (κ1) is 13.4. The van der Waals surface area contributed by atoms with Crippen molar-refractivity contribution in [2.45, 2.75) is 31.1 Å². The number of anilines is 1. The van der Waals surface area contributed by atoms with Crippen LogP contribution in [0.3, 0.4) is 0 Å². The summed E-state index contributed by atoms with van der Waals surface area (Å²) < 4.78 is 0. The quantitative estimate of drug-likeness (QED) is 0.880. The standard InChI is InChI=1S/C14H19NO2S/c1-2-10(9-16)14(17)15-12-5-6-13-11(8-12)4-3-7-18-13/h5-6,8,10,16H,2-4,7,9H2,1H3,(H,15,17). The lowest BCUT2D eigenvalue weighted by atomic mass is 10.1. The van der Waals surface area contributed by atoms with E-state index in [0.29, 0.717) is 6.42 Å². The Bertz CT molecular complexity index is 430. The highest BCUT2D eigenvalue weighted by atomic mass is 32.2. The Morgan fingerprint density at radius 3 is 3.11 bits per heavy atom. The van der Waals surface area contributed by atoms with Gasteiger partial charge in [0.2, 0.25) is 5.91 Å². The van der Waals surface area contributed by atoms with Crippen LogP contribution in [-0.4, -0.2) is 23.4 Å². The third kappa shape index (κ3) is 3.06. The molecular weight excluding hydrogens is 246 g/mol. The fraction of sp³-hybridized carbons (Fsp3) is 0.500. The molecule has 1 aromatic rings. The summed E-state index contributed by atoms with van der Waals surface area (Å²) in [6, 6.07) is 6.08. The van der Waals surface area contributed by atoms with Gasteiger partial charge >= 0.3 is 0 Å². The van der Waals surface area contributed by atoms with Gasteiger partial charge in [-0.05, 0) is 48.8 Å². The average molecular weight is 265 g/mol. The van der Waals surface area contributed by atoms with Gasteiger partial charge in [0.25, 0.3) is 0 Å². The first-order chi connectivity index (χ1) is 8.74. The molecule has 4 heteroatoms. The number of hydrogen-bond donors (Lipinski definition) is 2. The Morgan fingerprint density at radius 1 is 1.56 bits per heavy atom. The highest BCUT2D eigenvalue weighted by Crippen LogP contribution is 2.31. The number of fused-ring (bicyclic) bond motifs is 1. The highest BCUT2D eigenvalue weighted by molar-refractivity contribution is 7.99. The van der Waals surface area contributed by atoms with Crippen LogP contribution in [0, 0.1) is 5.92 Å². The maximum absolute atomic E-state index is 11.9. The SMILES string of the molecule is CCC(CO)C(=O)Nc1ccc2c(c1)CCCS2. The molecule has 2 N–H and O–H groups in total. The Kier molecular flexibility index (Phi) is 4.66. The zero-order chi connectivity index (χ0) is 13.0. The van der Waals surface area contributed by atoms with Crippen LogP contribution in [0.1, 0.15) is 25.3 Å². The van der Waals surface area contributed by atoms with Crippen molar-refractivity contribution in [2.75, 3.05) is 17.7 Å². The highest BCUT2D eigenvalue weighted by Gasteiger charge is 2.16. The molecular formula is C14H19NO2S. The topological polar surface area (TPSA) is 49.3 Å². The Balaban J connectivity index is 2.08. The molecule has 2 rings (SSSR count). The molecule has 0 aliphatic carbocycles. The van der Waals surface area contributed by atoms with Crippen LogP contribution in [0.15, 0.2) is 23.1 Å². The summed E-state index contributed by atoms with van der Waals surface area (Å²) in [7, 11) is 0. The molecule has 0 saturated heterocycles. The van der Waals surface area contributed by atoms with Crippen molar-refractivity contribution in [3.63, 3.8) is 0 Å². The number of aryl methyl sites for hydroxylation is 1. The number of benzene rings is 1. The molecule has 1 aromatic carbocycles. The van der Waals surface area contributed by atoms with Gasteiger partial charge in [0.1, 0.15) is 0 Å². The van der Waals surface area contributed by atoms with Gasteiger partial charge in [0.05, 0.1) is 12.5 Å². The van der Waals surface area contributed by atoms with E-state index in [4.69, 9.17) is 5.11 Å². The van der Waals surface area contributed by atoms with Gasteiger partial charge in [0, 0.05) is 10.6 Å². The normalized spacial score (nSPS) is 15.9. The first-order valence-corrected chi connectivity index (χ1v) is 7.40. The number of aliphatic hydroxyl groups excluding tert-OH is 1. The zero-order valence-electron chi connectivity index (χ0n) is 10.6. The number of carbonyl (C=O) groups is 1. The molecule has 3 nitrogen and oxygen atoms in total. The third-order valence-electron chi connectivity index (χ3n) is 3.26. The van der Waals surface area contributed by atoms with Crippen molar-refractivity contribution in [1.82, 2.24) is 0 Å². The lowest BCUT2D eigenvalue weighted by Gasteiger charge is -2.17. The summed E-state index contributed by atoms with van der Waals surface area (Å²) >= 11 is 1.88. The van der Waals surface area contributed by atoms with Crippen molar-refractivity contribution in [2.24, 2.45) is 5.92 Å². The summed E-state index contributed by atoms with van der Waals surface area (Å²) in [5, 5.41) is 12.0. The maximum atomic E-state index is 11.9. The van der Waals surface area contributed by atoms with Gasteiger partial charge in [-0.1, -0.05) is 6.92 Å². The minimum Gasteiger partial charge on any atom is -0.396 e. The molecule has 98 valence electrons. The van der Waals surface area contributed by atoms with Crippen molar-refractivity contribution < 1.29 is 9.90 Å². The van der Waals surface area contributed by atoms with Gasteiger partial charge in [-0.15, -0.1) is 11.8 Å². The number of thioether (sulfide) groups is 1. The molecule has 0 saturated carbocycles. The van der Waals surface area contributed by atoms with Crippen molar-refractivity contribution in [1.29, 1.82) is 0 Å². The summed E-state index contributed by atoms with van der Waals surface area (Å²) in [6.45, 7) is 1.81. The second-order valence-electron chi connectivity index (χ2n) is 4.55. The summed E-state index contributed by atoms with van der Waals surface area (Å²) in [5.74, 6) is 0.778. The number of aliphatic hydroxyl groups is 1. The number of nitrogens with one attached hydrogen (secondary N) is 1. The molecule has 1 amide bonds. The molecule has 18 heavy (non-hydrogen) atoms. The van der Waals surface area contributed by atoms with E-state index in [-0.39, 0.29) is 18.4 Å². The largest absolute Gasteiger partial charge is 0.396 e. The van der Waals surface area contributed by atoms with Crippen LogP contribution in [0.2, 0.25) is 0 Å². The number of rotatable bonds is 4. The Labute approximate surface area is 112 Å². The third-order valence-corrected chi connectivity index (χ3v) is 4.46. The lowest BCUT2D eigenvalue weighted by Crippen LogP contribution is -2.25. The van der Waals surface area contributed by atoms with Gasteiger partial charge in [-0.25, -0.2) is 0 Å². The molecule has 0 spiro atoms.